The van der Waals surface area contributed by atoms with Gasteiger partial charge in [0.2, 0.25) is 23.3 Å². The van der Waals surface area contributed by atoms with Crippen molar-refractivity contribution in [2.24, 2.45) is 0 Å². The quantitative estimate of drug-likeness (QED) is 0.0976. The van der Waals surface area contributed by atoms with Crippen LogP contribution in [-0.2, 0) is 54.3 Å². The monoisotopic (exact) mass is 828 g/mol. The Bertz CT molecular complexity index is 2020. The van der Waals surface area contributed by atoms with Crippen molar-refractivity contribution in [2.75, 3.05) is 66.5 Å². The second-order valence-corrected chi connectivity index (χ2v) is 13.8. The first-order valence-electron chi connectivity index (χ1n) is 19.2. The number of hydrogen-bond donors (Lipinski definition) is 2. The highest BCUT2D eigenvalue weighted by Crippen LogP contribution is 2.40. The van der Waals surface area contributed by atoms with Crippen molar-refractivity contribution < 1.29 is 66.5 Å². The van der Waals surface area contributed by atoms with E-state index in [-0.39, 0.29) is 50.7 Å². The molecule has 0 bridgehead atoms. The molecule has 16 nitrogen and oxygen atoms in total. The van der Waals surface area contributed by atoms with Crippen LogP contribution in [0.15, 0.2) is 60.7 Å². The highest BCUT2D eigenvalue weighted by molar-refractivity contribution is 6.29. The Kier molecular flexibility index (Phi) is 14.1. The molecule has 2 N–H and O–H groups in total. The molecule has 60 heavy (non-hydrogen) atoms. The lowest BCUT2D eigenvalue weighted by Crippen LogP contribution is -2.35. The van der Waals surface area contributed by atoms with Crippen LogP contribution in [0, 0.1) is 0 Å². The zero-order chi connectivity index (χ0) is 42.8. The number of anilines is 2. The predicted octanol–water partition coefficient (Wildman–Crippen LogP) is 5.27. The molecule has 318 valence electrons. The van der Waals surface area contributed by atoms with Crippen LogP contribution in [0.1, 0.15) is 35.1 Å². The van der Waals surface area contributed by atoms with E-state index in [1.165, 1.54) is 42.7 Å². The molecular weight excluding hydrogens is 780 g/mol. The summed E-state index contributed by atoms with van der Waals surface area (Å²) in [5.41, 5.74) is 4.10. The van der Waals surface area contributed by atoms with Crippen LogP contribution < -0.4 is 48.5 Å². The number of amides is 2. The largest absolute Gasteiger partial charge is 0.493 e. The van der Waals surface area contributed by atoms with Gasteiger partial charge in [0.05, 0.1) is 42.7 Å². The topological polar surface area (TPSA) is 185 Å². The van der Waals surface area contributed by atoms with Gasteiger partial charge in [-0.25, -0.2) is 9.59 Å². The summed E-state index contributed by atoms with van der Waals surface area (Å²) in [4.78, 5) is 51.6. The van der Waals surface area contributed by atoms with Gasteiger partial charge in [-0.3, -0.25) is 9.59 Å². The molecule has 6 rings (SSSR count). The summed E-state index contributed by atoms with van der Waals surface area (Å²) in [6.45, 7) is -0.346. The molecule has 2 unspecified atom stereocenters. The minimum Gasteiger partial charge on any atom is -0.493 e. The van der Waals surface area contributed by atoms with Crippen LogP contribution >= 0.6 is 0 Å². The molecule has 16 heteroatoms. The van der Waals surface area contributed by atoms with E-state index >= 15 is 0 Å². The van der Waals surface area contributed by atoms with E-state index in [0.29, 0.717) is 81.3 Å². The molecule has 2 heterocycles. The lowest BCUT2D eigenvalue weighted by Gasteiger charge is -2.24. The Balaban J connectivity index is 1.25. The molecule has 0 saturated heterocycles. The molecule has 0 radical (unpaired) electrons. The normalized spacial score (nSPS) is 13.8. The molecule has 2 aliphatic heterocycles. The van der Waals surface area contributed by atoms with Crippen molar-refractivity contribution in [3.05, 3.63) is 82.9 Å². The zero-order valence-corrected chi connectivity index (χ0v) is 34.3. The molecule has 0 aromatic heterocycles. The van der Waals surface area contributed by atoms with Crippen LogP contribution in [0.25, 0.3) is 0 Å². The lowest BCUT2D eigenvalue weighted by atomic mass is 10.0. The third kappa shape index (κ3) is 10.1. The minimum atomic E-state index is -1.27. The number of methoxy groups -OCH3 is 6. The first-order valence-corrected chi connectivity index (χ1v) is 19.2. The van der Waals surface area contributed by atoms with Gasteiger partial charge in [0.25, 0.3) is 0 Å². The zero-order valence-electron chi connectivity index (χ0n) is 34.3. The van der Waals surface area contributed by atoms with Crippen LogP contribution in [0.5, 0.6) is 46.0 Å². The van der Waals surface area contributed by atoms with Crippen LogP contribution in [0.2, 0.25) is 0 Å². The third-order valence-corrected chi connectivity index (χ3v) is 9.96. The number of fused-ring (bicyclic) bond motifs is 2. The summed E-state index contributed by atoms with van der Waals surface area (Å²) in [6, 6.07) is 17.4. The molecule has 2 atom stereocenters. The van der Waals surface area contributed by atoms with Gasteiger partial charge in [-0.1, -0.05) is 12.1 Å². The predicted molar refractivity (Wildman–Crippen MR) is 217 cm³/mol. The van der Waals surface area contributed by atoms with Gasteiger partial charge >= 0.3 is 11.9 Å². The number of esters is 2. The summed E-state index contributed by atoms with van der Waals surface area (Å²) >= 11 is 0. The molecule has 4 aromatic carbocycles. The Morgan fingerprint density at radius 3 is 1.22 bits per heavy atom. The van der Waals surface area contributed by atoms with Crippen LogP contribution in [0.3, 0.4) is 0 Å². The van der Waals surface area contributed by atoms with Crippen LogP contribution in [-0.4, -0.2) is 91.8 Å². The summed E-state index contributed by atoms with van der Waals surface area (Å²) in [5, 5.41) is 5.70. The van der Waals surface area contributed by atoms with Crippen molar-refractivity contribution >= 4 is 35.1 Å². The summed E-state index contributed by atoms with van der Waals surface area (Å²) in [6.07, 6.45) is -0.450. The van der Waals surface area contributed by atoms with Crippen LogP contribution in [0.4, 0.5) is 11.4 Å². The van der Waals surface area contributed by atoms with Gasteiger partial charge in [0, 0.05) is 48.2 Å². The molecule has 0 saturated carbocycles. The van der Waals surface area contributed by atoms with Crippen molar-refractivity contribution in [3.63, 3.8) is 0 Å². The standard InChI is InChI=1S/C44H48N2O14/c1-51-35-19-25(20-36(52-2)41(35)55-5)17-27(23-57-33-11-7-9-31-29(33)13-15-39(47)45-31)59-43(49)44(50)60-28(18-26-21-37(53-3)42(56-6)38(22-26)54-4)24-58-34-12-8-10-32-30(34)14-16-40(48)46-32/h7-12,19-22,27-28H,13-18,23-24H2,1-6H3,(H,45,47)(H,46,48). The molecule has 2 aliphatic rings. The third-order valence-electron chi connectivity index (χ3n) is 9.96. The Hall–Kier alpha value is -6.84. The Morgan fingerprint density at radius 1 is 0.517 bits per heavy atom. The van der Waals surface area contributed by atoms with Gasteiger partial charge in [0.1, 0.15) is 36.9 Å². The van der Waals surface area contributed by atoms with E-state index < -0.39 is 24.1 Å². The molecule has 4 aromatic rings. The van der Waals surface area contributed by atoms with E-state index in [0.717, 1.165) is 11.1 Å². The number of ether oxygens (including phenoxy) is 10. The fourth-order valence-corrected chi connectivity index (χ4v) is 7.12. The fourth-order valence-electron chi connectivity index (χ4n) is 7.12. The maximum absolute atomic E-state index is 13.7. The van der Waals surface area contributed by atoms with Crippen molar-refractivity contribution in [1.29, 1.82) is 0 Å². The summed E-state index contributed by atoms with van der Waals surface area (Å²) in [7, 11) is 8.91. The SMILES string of the molecule is COc1cc(CC(COc2cccc3c2CCC(=O)N3)OC(=O)C(=O)OC(COc2cccc3c2CCC(=O)N3)Cc2cc(OC)c(OC)c(OC)c2)cc(OC)c1OC. The van der Waals surface area contributed by atoms with Crippen molar-refractivity contribution in [2.45, 2.75) is 50.7 Å². The van der Waals surface area contributed by atoms with E-state index in [9.17, 15) is 19.2 Å². The molecular formula is C44H48N2O14. The first-order chi connectivity index (χ1) is 29.1. The van der Waals surface area contributed by atoms with Gasteiger partial charge in [-0.05, 0) is 72.5 Å². The Morgan fingerprint density at radius 2 is 0.883 bits per heavy atom. The first kappa shape index (κ1) is 42.8. The number of nitrogens with one attached hydrogen (secondary N) is 2. The molecule has 0 fully saturated rings. The number of rotatable bonds is 18. The van der Waals surface area contributed by atoms with Gasteiger partial charge < -0.3 is 58.0 Å². The van der Waals surface area contributed by atoms with E-state index in [1.807, 2.05) is 0 Å². The maximum Gasteiger partial charge on any atom is 0.417 e. The maximum atomic E-state index is 13.7. The minimum absolute atomic E-state index is 0.0646. The summed E-state index contributed by atoms with van der Waals surface area (Å²) < 4.78 is 57.3. The number of benzene rings is 4. The van der Waals surface area contributed by atoms with Crippen molar-refractivity contribution in [1.82, 2.24) is 0 Å². The smallest absolute Gasteiger partial charge is 0.417 e. The summed E-state index contributed by atoms with van der Waals surface area (Å²) in [5.74, 6) is 0.495. The van der Waals surface area contributed by atoms with Gasteiger partial charge in [-0.2, -0.15) is 0 Å². The molecule has 0 spiro atoms. The number of carbonyl (C=O) groups excluding carboxylic acids is 4. The molecule has 0 aliphatic carbocycles. The number of carbonyl (C=O) groups is 4. The van der Waals surface area contributed by atoms with Gasteiger partial charge in [-0.15, -0.1) is 0 Å². The average Bonchev–Trinajstić information content (AvgIpc) is 3.26. The van der Waals surface area contributed by atoms with Crippen molar-refractivity contribution in [3.8, 4) is 46.0 Å². The van der Waals surface area contributed by atoms with E-state index in [4.69, 9.17) is 47.4 Å². The van der Waals surface area contributed by atoms with E-state index in [2.05, 4.69) is 10.6 Å². The second kappa shape index (κ2) is 19.7. The fraction of sp³-hybridized carbons (Fsp3) is 0.364. The highest BCUT2D eigenvalue weighted by atomic mass is 16.6. The average molecular weight is 829 g/mol. The highest BCUT2D eigenvalue weighted by Gasteiger charge is 2.30. The Labute approximate surface area is 347 Å². The molecule has 2 amide bonds. The van der Waals surface area contributed by atoms with E-state index in [1.54, 1.807) is 60.7 Å². The van der Waals surface area contributed by atoms with Gasteiger partial charge in [0.15, 0.2) is 23.0 Å². The lowest BCUT2D eigenvalue weighted by molar-refractivity contribution is -0.175. The number of hydrogen-bond acceptors (Lipinski definition) is 14. The second-order valence-electron chi connectivity index (χ2n) is 13.8.